The van der Waals surface area contributed by atoms with Gasteiger partial charge >= 0.3 is 14.6 Å². The van der Waals surface area contributed by atoms with Crippen molar-refractivity contribution < 1.29 is 45.1 Å². The Labute approximate surface area is 303 Å². The van der Waals surface area contributed by atoms with Crippen molar-refractivity contribution in [2.24, 2.45) is 0 Å². The van der Waals surface area contributed by atoms with Crippen molar-refractivity contribution >= 4 is 26.2 Å². The van der Waals surface area contributed by atoms with Crippen LogP contribution in [-0.2, 0) is 35.4 Å². The van der Waals surface area contributed by atoms with Gasteiger partial charge in [-0.3, -0.25) is 18.7 Å². The van der Waals surface area contributed by atoms with Crippen molar-refractivity contribution in [1.29, 1.82) is 0 Å². The predicted molar refractivity (Wildman–Crippen MR) is 188 cm³/mol. The maximum atomic E-state index is 15.8. The highest BCUT2D eigenvalue weighted by molar-refractivity contribution is 7.42. The quantitative estimate of drug-likeness (QED) is 0.0959. The molecule has 1 aliphatic rings. The van der Waals surface area contributed by atoms with E-state index in [1.165, 1.54) is 24.1 Å². The van der Waals surface area contributed by atoms with E-state index in [1.54, 1.807) is 13.0 Å². The summed E-state index contributed by atoms with van der Waals surface area (Å²) in [5, 5.41) is 2.39. The van der Waals surface area contributed by atoms with E-state index in [-0.39, 0.29) is 30.2 Å². The lowest BCUT2D eigenvalue weighted by Gasteiger charge is -2.39. The fourth-order valence-corrected chi connectivity index (χ4v) is 6.59. The van der Waals surface area contributed by atoms with Crippen molar-refractivity contribution in [2.75, 3.05) is 11.9 Å². The van der Waals surface area contributed by atoms with Crippen molar-refractivity contribution in [2.45, 2.75) is 39.3 Å². The monoisotopic (exact) mass is 749 g/mol. The normalized spacial score (nSPS) is 14.0. The van der Waals surface area contributed by atoms with Gasteiger partial charge in [0, 0.05) is 54.5 Å². The summed E-state index contributed by atoms with van der Waals surface area (Å²) >= 11 is 0. The Bertz CT molecular complexity index is 2020. The van der Waals surface area contributed by atoms with Gasteiger partial charge < -0.3 is 14.7 Å². The summed E-state index contributed by atoms with van der Waals surface area (Å²) in [6.07, 6.45) is 0. The average Bonchev–Trinajstić information content (AvgIpc) is 3.14. The molecule has 14 heteroatoms. The lowest BCUT2D eigenvalue weighted by molar-refractivity contribution is 0.0950. The Morgan fingerprint density at radius 3 is 1.87 bits per heavy atom. The first-order chi connectivity index (χ1) is 25.5. The summed E-state index contributed by atoms with van der Waals surface area (Å²) in [5.41, 5.74) is 1.47. The molecule has 0 bridgehead atoms. The average molecular weight is 750 g/mol. The number of rotatable bonds is 13. The molecule has 5 aromatic carbocycles. The van der Waals surface area contributed by atoms with Gasteiger partial charge in [0.15, 0.2) is 0 Å². The largest absolute Gasteiger partial charge is 0.427 e. The molecule has 0 saturated heterocycles. The lowest BCUT2D eigenvalue weighted by atomic mass is 9.98. The fraction of sp³-hybridized carbons (Fsp3) is 0.179. The molecule has 0 aliphatic carbocycles. The van der Waals surface area contributed by atoms with Crippen LogP contribution in [0.4, 0.5) is 32.4 Å². The van der Waals surface area contributed by atoms with E-state index in [1.807, 2.05) is 60.7 Å². The number of benzene rings is 5. The number of carbonyl (C=O) groups excluding carboxylic acids is 2. The van der Waals surface area contributed by atoms with Crippen LogP contribution in [0, 0.1) is 29.1 Å². The van der Waals surface area contributed by atoms with Gasteiger partial charge in [-0.25, -0.2) is 26.7 Å². The maximum absolute atomic E-state index is 15.8. The minimum Gasteiger partial charge on any atom is -0.427 e. The smallest absolute Gasteiger partial charge is 0.397 e. The highest BCUT2D eigenvalue weighted by Crippen LogP contribution is 2.44. The van der Waals surface area contributed by atoms with Crippen molar-refractivity contribution in [3.05, 3.63) is 166 Å². The zero-order valence-corrected chi connectivity index (χ0v) is 29.4. The van der Waals surface area contributed by atoms with E-state index >= 15 is 8.78 Å². The molecule has 274 valence electrons. The van der Waals surface area contributed by atoms with Gasteiger partial charge in [0.2, 0.25) is 0 Å². The minimum atomic E-state index is -2.12. The SMILES string of the molecule is CC1c2ccc(C(=O)NCc3c(F)cc(F)cc3F)cc2N(Cc2c(F)cc(OP(OCc3ccccc3)OCc3ccccc3)cc2F)C(=O)N1C. The van der Waals surface area contributed by atoms with Crippen LogP contribution in [0.2, 0.25) is 0 Å². The van der Waals surface area contributed by atoms with Crippen LogP contribution in [0.15, 0.2) is 103 Å². The van der Waals surface area contributed by atoms with Crippen LogP contribution in [0.5, 0.6) is 5.75 Å². The number of fused-ring (bicyclic) bond motifs is 1. The molecule has 0 aromatic heterocycles. The summed E-state index contributed by atoms with van der Waals surface area (Å²) in [5.74, 6) is -6.40. The highest BCUT2D eigenvalue weighted by atomic mass is 31.2. The zero-order chi connectivity index (χ0) is 37.6. The third-order valence-corrected chi connectivity index (χ3v) is 9.69. The Morgan fingerprint density at radius 1 is 0.755 bits per heavy atom. The van der Waals surface area contributed by atoms with Crippen LogP contribution in [0.1, 0.15) is 51.1 Å². The van der Waals surface area contributed by atoms with E-state index in [0.717, 1.165) is 28.2 Å². The second-order valence-electron chi connectivity index (χ2n) is 12.2. The van der Waals surface area contributed by atoms with Crippen molar-refractivity contribution in [3.8, 4) is 5.75 Å². The maximum Gasteiger partial charge on any atom is 0.397 e. The van der Waals surface area contributed by atoms with Gasteiger partial charge in [-0.1, -0.05) is 66.7 Å². The predicted octanol–water partition coefficient (Wildman–Crippen LogP) is 9.48. The molecular weight excluding hydrogens is 716 g/mol. The molecule has 3 amide bonds. The van der Waals surface area contributed by atoms with E-state index in [4.69, 9.17) is 13.6 Å². The molecule has 1 aliphatic heterocycles. The van der Waals surface area contributed by atoms with E-state index in [2.05, 4.69) is 5.32 Å². The van der Waals surface area contributed by atoms with Crippen molar-refractivity contribution in [3.63, 3.8) is 0 Å². The number of hydrogen-bond acceptors (Lipinski definition) is 5. The number of nitrogens with one attached hydrogen (secondary N) is 1. The second-order valence-corrected chi connectivity index (χ2v) is 13.3. The summed E-state index contributed by atoms with van der Waals surface area (Å²) in [6.45, 7) is 0.845. The summed E-state index contributed by atoms with van der Waals surface area (Å²) in [7, 11) is -0.588. The first-order valence-electron chi connectivity index (χ1n) is 16.4. The summed E-state index contributed by atoms with van der Waals surface area (Å²) in [6, 6.07) is 24.8. The van der Waals surface area contributed by atoms with E-state index in [9.17, 15) is 22.8 Å². The van der Waals surface area contributed by atoms with Crippen LogP contribution in [-0.4, -0.2) is 23.9 Å². The Morgan fingerprint density at radius 2 is 1.30 bits per heavy atom. The number of hydrogen-bond donors (Lipinski definition) is 1. The van der Waals surface area contributed by atoms with E-state index in [0.29, 0.717) is 17.7 Å². The van der Waals surface area contributed by atoms with Crippen LogP contribution < -0.4 is 14.7 Å². The standard InChI is InChI=1S/C39H33F5N3O5P/c1-24-30-14-13-27(38(48)45-20-31-33(41)16-28(40)17-34(31)42)15-37(30)47(39(49)46(24)2)21-32-35(43)18-29(19-36(32)44)52-53(50-22-25-9-5-3-6-10-25)51-23-26-11-7-4-8-12-26/h3-19,24H,20-23H2,1-2H3,(H,45,48). The summed E-state index contributed by atoms with van der Waals surface area (Å²) < 4.78 is 90.8. The topological polar surface area (TPSA) is 80.3 Å². The summed E-state index contributed by atoms with van der Waals surface area (Å²) in [4.78, 5) is 29.1. The van der Waals surface area contributed by atoms with Crippen LogP contribution >= 0.6 is 8.60 Å². The van der Waals surface area contributed by atoms with Crippen molar-refractivity contribution in [1.82, 2.24) is 10.2 Å². The molecule has 8 nitrogen and oxygen atoms in total. The number of urea groups is 1. The first kappa shape index (κ1) is 37.4. The van der Waals surface area contributed by atoms with Gasteiger partial charge in [0.1, 0.15) is 34.8 Å². The molecule has 1 N–H and O–H groups in total. The molecule has 0 radical (unpaired) electrons. The van der Waals surface area contributed by atoms with Crippen LogP contribution in [0.25, 0.3) is 0 Å². The van der Waals surface area contributed by atoms with Gasteiger partial charge in [-0.05, 0) is 35.7 Å². The molecule has 5 aromatic rings. The van der Waals surface area contributed by atoms with E-state index < -0.39 is 79.9 Å². The molecule has 1 atom stereocenters. The minimum absolute atomic E-state index is 0.00489. The third-order valence-electron chi connectivity index (χ3n) is 8.65. The number of carbonyl (C=O) groups is 2. The van der Waals surface area contributed by atoms with Gasteiger partial charge in [0.25, 0.3) is 5.91 Å². The number of amides is 3. The first-order valence-corrected chi connectivity index (χ1v) is 17.5. The lowest BCUT2D eigenvalue weighted by Crippen LogP contribution is -2.47. The third kappa shape index (κ3) is 8.82. The number of halogens is 5. The van der Waals surface area contributed by atoms with Crippen LogP contribution in [0.3, 0.4) is 0 Å². The molecule has 6 rings (SSSR count). The van der Waals surface area contributed by atoms with Gasteiger partial charge in [-0.15, -0.1) is 0 Å². The molecular formula is C39H33F5N3O5P. The fourth-order valence-electron chi connectivity index (χ4n) is 5.62. The molecule has 0 fully saturated rings. The molecule has 1 unspecified atom stereocenters. The number of nitrogens with zero attached hydrogens (tertiary/aromatic N) is 2. The Balaban J connectivity index is 1.21. The molecule has 1 heterocycles. The second kappa shape index (κ2) is 16.5. The Kier molecular flexibility index (Phi) is 11.7. The molecule has 0 spiro atoms. The van der Waals surface area contributed by atoms with Gasteiger partial charge in [0.05, 0.1) is 31.5 Å². The van der Waals surface area contributed by atoms with Gasteiger partial charge in [-0.2, -0.15) is 0 Å². The highest BCUT2D eigenvalue weighted by Gasteiger charge is 2.35. The zero-order valence-electron chi connectivity index (χ0n) is 28.5. The number of anilines is 1. The Hall–Kier alpha value is -5.36. The molecule has 53 heavy (non-hydrogen) atoms. The molecule has 0 saturated carbocycles.